The molecular weight excluding hydrogens is 392 g/mol. The highest BCUT2D eigenvalue weighted by Gasteiger charge is 2.20. The van der Waals surface area contributed by atoms with Gasteiger partial charge in [-0.1, -0.05) is 24.3 Å². The molecule has 0 saturated heterocycles. The molecule has 0 spiro atoms. The molecule has 31 heavy (non-hydrogen) atoms. The third kappa shape index (κ3) is 3.70. The van der Waals surface area contributed by atoms with E-state index in [4.69, 9.17) is 0 Å². The van der Waals surface area contributed by atoms with E-state index in [0.29, 0.717) is 22.4 Å². The standard InChI is InChI=1S/C24H24N4O3/c1-15-7-5-9-18(11-15)25-21(29)14-27-20-13-17(3)26(4)22(20)23(30)28(24(27)31)19-10-6-8-16(2)12-19/h5-13H,14H2,1-4H3,(H,25,29). The molecule has 7 heteroatoms. The summed E-state index contributed by atoms with van der Waals surface area (Å²) in [5.74, 6) is -0.343. The Labute approximate surface area is 179 Å². The fourth-order valence-electron chi connectivity index (χ4n) is 3.80. The predicted molar refractivity (Wildman–Crippen MR) is 122 cm³/mol. The fraction of sp³-hybridized carbons (Fsp3) is 0.208. The van der Waals surface area contributed by atoms with Crippen molar-refractivity contribution in [2.75, 3.05) is 5.32 Å². The smallest absolute Gasteiger partial charge is 0.336 e. The van der Waals surface area contributed by atoms with Crippen molar-refractivity contribution in [2.24, 2.45) is 7.05 Å². The molecule has 158 valence electrons. The first-order chi connectivity index (χ1) is 14.8. The second-order valence-electron chi connectivity index (χ2n) is 7.84. The minimum Gasteiger partial charge on any atom is -0.342 e. The Balaban J connectivity index is 1.88. The van der Waals surface area contributed by atoms with Gasteiger partial charge in [0.25, 0.3) is 5.56 Å². The van der Waals surface area contributed by atoms with Crippen LogP contribution in [-0.4, -0.2) is 19.6 Å². The molecule has 0 bridgehead atoms. The molecule has 0 aliphatic rings. The highest BCUT2D eigenvalue weighted by Crippen LogP contribution is 2.16. The van der Waals surface area contributed by atoms with E-state index in [1.807, 2.05) is 45.0 Å². The van der Waals surface area contributed by atoms with Crippen molar-refractivity contribution >= 4 is 22.6 Å². The maximum atomic E-state index is 13.4. The SMILES string of the molecule is Cc1cccc(NC(=O)Cn2c(=O)n(-c3cccc(C)c3)c(=O)c3c2cc(C)n3C)c1. The van der Waals surface area contributed by atoms with Crippen molar-refractivity contribution in [3.05, 3.63) is 92.3 Å². The van der Waals surface area contributed by atoms with Crippen LogP contribution >= 0.6 is 0 Å². The molecule has 1 amide bonds. The van der Waals surface area contributed by atoms with Crippen molar-refractivity contribution in [2.45, 2.75) is 27.3 Å². The number of benzene rings is 2. The Hall–Kier alpha value is -3.87. The van der Waals surface area contributed by atoms with Crippen molar-refractivity contribution < 1.29 is 4.79 Å². The number of hydrogen-bond donors (Lipinski definition) is 1. The molecule has 0 aliphatic heterocycles. The van der Waals surface area contributed by atoms with Gasteiger partial charge in [-0.15, -0.1) is 0 Å². The largest absolute Gasteiger partial charge is 0.342 e. The molecule has 7 nitrogen and oxygen atoms in total. The Morgan fingerprint density at radius 2 is 1.61 bits per heavy atom. The molecule has 1 N–H and O–H groups in total. The Kier molecular flexibility index (Phi) is 5.10. The fourth-order valence-corrected chi connectivity index (χ4v) is 3.80. The van der Waals surface area contributed by atoms with Gasteiger partial charge in [0.05, 0.1) is 11.2 Å². The second kappa shape index (κ2) is 7.75. The average Bonchev–Trinajstić information content (AvgIpc) is 3.00. The summed E-state index contributed by atoms with van der Waals surface area (Å²) in [5.41, 5.74) is 3.76. The molecule has 2 aromatic carbocycles. The summed E-state index contributed by atoms with van der Waals surface area (Å²) in [4.78, 5) is 39.5. The highest BCUT2D eigenvalue weighted by atomic mass is 16.2. The number of fused-ring (bicyclic) bond motifs is 1. The van der Waals surface area contributed by atoms with Gasteiger partial charge in [-0.25, -0.2) is 9.36 Å². The lowest BCUT2D eigenvalue weighted by molar-refractivity contribution is -0.116. The van der Waals surface area contributed by atoms with E-state index >= 15 is 0 Å². The number of amides is 1. The number of anilines is 1. The molecule has 0 fully saturated rings. The van der Waals surface area contributed by atoms with Crippen molar-refractivity contribution in [3.8, 4) is 5.69 Å². The second-order valence-corrected chi connectivity index (χ2v) is 7.84. The number of hydrogen-bond acceptors (Lipinski definition) is 3. The molecule has 4 rings (SSSR count). The number of nitrogens with one attached hydrogen (secondary N) is 1. The normalized spacial score (nSPS) is 11.1. The van der Waals surface area contributed by atoms with Crippen LogP contribution in [0.15, 0.2) is 64.2 Å². The van der Waals surface area contributed by atoms with Crippen LogP contribution in [0.25, 0.3) is 16.7 Å². The molecule has 4 aromatic rings. The number of nitrogens with zero attached hydrogens (tertiary/aromatic N) is 3. The number of carbonyl (C=O) groups is 1. The Morgan fingerprint density at radius 1 is 0.935 bits per heavy atom. The van der Waals surface area contributed by atoms with Crippen LogP contribution in [0.1, 0.15) is 16.8 Å². The highest BCUT2D eigenvalue weighted by molar-refractivity contribution is 5.91. The molecule has 0 radical (unpaired) electrons. The van der Waals surface area contributed by atoms with Gasteiger partial charge >= 0.3 is 5.69 Å². The van der Waals surface area contributed by atoms with E-state index in [-0.39, 0.29) is 12.5 Å². The summed E-state index contributed by atoms with van der Waals surface area (Å²) in [5, 5.41) is 2.83. The minimum absolute atomic E-state index is 0.209. The third-order valence-corrected chi connectivity index (χ3v) is 5.43. The Morgan fingerprint density at radius 3 is 2.29 bits per heavy atom. The summed E-state index contributed by atoms with van der Waals surface area (Å²) in [7, 11) is 1.78. The maximum absolute atomic E-state index is 13.4. The summed E-state index contributed by atoms with van der Waals surface area (Å²) in [6.07, 6.45) is 0. The van der Waals surface area contributed by atoms with Crippen molar-refractivity contribution in [1.82, 2.24) is 13.7 Å². The van der Waals surface area contributed by atoms with Gasteiger partial charge in [0.2, 0.25) is 5.91 Å². The van der Waals surface area contributed by atoms with Crippen LogP contribution in [-0.2, 0) is 18.4 Å². The minimum atomic E-state index is -0.548. The topological polar surface area (TPSA) is 78.0 Å². The zero-order valence-corrected chi connectivity index (χ0v) is 18.0. The van der Waals surface area contributed by atoms with E-state index in [0.717, 1.165) is 21.4 Å². The lowest BCUT2D eigenvalue weighted by Gasteiger charge is -2.13. The average molecular weight is 416 g/mol. The molecule has 2 aromatic heterocycles. The van der Waals surface area contributed by atoms with Gasteiger partial charge in [-0.3, -0.25) is 14.2 Å². The van der Waals surface area contributed by atoms with E-state index < -0.39 is 11.2 Å². The number of aryl methyl sites for hydroxylation is 4. The van der Waals surface area contributed by atoms with Crippen LogP contribution in [0.4, 0.5) is 5.69 Å². The Bertz CT molecular complexity index is 1440. The predicted octanol–water partition coefficient (Wildman–Crippen LogP) is 3.05. The monoisotopic (exact) mass is 416 g/mol. The molecule has 0 saturated carbocycles. The van der Waals surface area contributed by atoms with Crippen LogP contribution in [0.5, 0.6) is 0 Å². The third-order valence-electron chi connectivity index (χ3n) is 5.43. The molecule has 2 heterocycles. The molecule has 0 unspecified atom stereocenters. The van der Waals surface area contributed by atoms with Crippen molar-refractivity contribution in [3.63, 3.8) is 0 Å². The van der Waals surface area contributed by atoms with Gasteiger partial charge in [0.15, 0.2) is 0 Å². The molecule has 0 aliphatic carbocycles. The molecule has 0 atom stereocenters. The van der Waals surface area contributed by atoms with Gasteiger partial charge in [0, 0.05) is 18.4 Å². The van der Waals surface area contributed by atoms with Crippen LogP contribution in [0.3, 0.4) is 0 Å². The van der Waals surface area contributed by atoms with Gasteiger partial charge in [-0.2, -0.15) is 0 Å². The summed E-state index contributed by atoms with van der Waals surface area (Å²) in [6, 6.07) is 16.4. The van der Waals surface area contributed by atoms with Crippen LogP contribution in [0, 0.1) is 20.8 Å². The van der Waals surface area contributed by atoms with Crippen molar-refractivity contribution in [1.29, 1.82) is 0 Å². The van der Waals surface area contributed by atoms with Crippen LogP contribution < -0.4 is 16.6 Å². The van der Waals surface area contributed by atoms with E-state index in [1.54, 1.807) is 41.9 Å². The maximum Gasteiger partial charge on any atom is 0.336 e. The summed E-state index contributed by atoms with van der Waals surface area (Å²) in [6.45, 7) is 5.48. The number of carbonyl (C=O) groups excluding carboxylic acids is 1. The summed E-state index contributed by atoms with van der Waals surface area (Å²) >= 11 is 0. The zero-order chi connectivity index (χ0) is 22.3. The van der Waals surface area contributed by atoms with Gasteiger partial charge in [0.1, 0.15) is 12.1 Å². The van der Waals surface area contributed by atoms with E-state index in [2.05, 4.69) is 5.32 Å². The quantitative estimate of drug-likeness (QED) is 0.555. The van der Waals surface area contributed by atoms with Gasteiger partial charge in [-0.05, 0) is 62.2 Å². The van der Waals surface area contributed by atoms with Gasteiger partial charge < -0.3 is 9.88 Å². The first kappa shape index (κ1) is 20.4. The number of rotatable bonds is 4. The molecular formula is C24H24N4O3. The van der Waals surface area contributed by atoms with E-state index in [9.17, 15) is 14.4 Å². The van der Waals surface area contributed by atoms with E-state index in [1.165, 1.54) is 4.57 Å². The zero-order valence-electron chi connectivity index (χ0n) is 18.0. The first-order valence-electron chi connectivity index (χ1n) is 10.0. The first-order valence-corrected chi connectivity index (χ1v) is 10.0. The summed E-state index contributed by atoms with van der Waals surface area (Å²) < 4.78 is 4.24. The number of aromatic nitrogens is 3. The lowest BCUT2D eigenvalue weighted by atomic mass is 10.2. The van der Waals surface area contributed by atoms with Crippen LogP contribution in [0.2, 0.25) is 0 Å². The lowest BCUT2D eigenvalue weighted by Crippen LogP contribution is -2.41.